The highest BCUT2D eigenvalue weighted by molar-refractivity contribution is 7.89. The van der Waals surface area contributed by atoms with Crippen molar-refractivity contribution in [2.75, 3.05) is 34.0 Å². The largest absolute Gasteiger partial charge is 0.497 e. The Morgan fingerprint density at radius 2 is 1.83 bits per heavy atom. The molecule has 0 aliphatic heterocycles. The summed E-state index contributed by atoms with van der Waals surface area (Å²) in [7, 11) is -0.650. The van der Waals surface area contributed by atoms with Gasteiger partial charge in [0.05, 0.1) is 29.7 Å². The molecule has 10 heteroatoms. The Labute approximate surface area is 181 Å². The fourth-order valence-electron chi connectivity index (χ4n) is 2.53. The lowest BCUT2D eigenvalue weighted by atomic mass is 10.1. The van der Waals surface area contributed by atoms with Gasteiger partial charge in [0, 0.05) is 13.7 Å². The van der Waals surface area contributed by atoms with Crippen LogP contribution in [0.15, 0.2) is 47.4 Å². The molecule has 164 valence electrons. The summed E-state index contributed by atoms with van der Waals surface area (Å²) in [5, 5.41) is 2.91. The molecular formula is C20H25ClN2O6S. The number of hydrogen-bond donors (Lipinski definition) is 2. The molecule has 0 fully saturated rings. The number of methoxy groups -OCH3 is 2. The maximum atomic E-state index is 12.2. The topological polar surface area (TPSA) is 103 Å². The Morgan fingerprint density at radius 1 is 1.13 bits per heavy atom. The minimum atomic E-state index is -3.71. The normalized spacial score (nSPS) is 12.3. The molecule has 1 atom stereocenters. The molecule has 8 nitrogen and oxygen atoms in total. The maximum Gasteiger partial charge on any atom is 0.258 e. The summed E-state index contributed by atoms with van der Waals surface area (Å²) in [6.45, 7) is 1.97. The standard InChI is InChI=1S/C20H25ClN2O6S/c1-14(15-4-6-16(28-3)7-5-15)23-20(24)13-29-19-9-8-17(12-18(19)21)30(25,26)22-10-11-27-2/h4-9,12,14,22H,10-11,13H2,1-3H3,(H,23,24)/t14-/m1/s1. The van der Waals surface area contributed by atoms with Crippen LogP contribution in [0.25, 0.3) is 0 Å². The Kier molecular flexibility index (Phi) is 8.91. The summed E-state index contributed by atoms with van der Waals surface area (Å²) < 4.78 is 42.2. The molecule has 0 bridgehead atoms. The van der Waals surface area contributed by atoms with E-state index in [1.54, 1.807) is 7.11 Å². The van der Waals surface area contributed by atoms with Gasteiger partial charge < -0.3 is 19.5 Å². The van der Waals surface area contributed by atoms with Gasteiger partial charge in [-0.2, -0.15) is 0 Å². The van der Waals surface area contributed by atoms with Gasteiger partial charge in [-0.15, -0.1) is 0 Å². The second-order valence-electron chi connectivity index (χ2n) is 6.33. The molecule has 0 aromatic heterocycles. The third kappa shape index (κ3) is 6.88. The van der Waals surface area contributed by atoms with E-state index in [4.69, 9.17) is 25.8 Å². The molecule has 2 aromatic rings. The zero-order chi connectivity index (χ0) is 22.1. The first kappa shape index (κ1) is 23.9. The molecule has 0 aliphatic carbocycles. The summed E-state index contributed by atoms with van der Waals surface area (Å²) in [4.78, 5) is 12.2. The zero-order valence-electron chi connectivity index (χ0n) is 17.0. The molecule has 0 saturated heterocycles. The summed E-state index contributed by atoms with van der Waals surface area (Å²) in [6.07, 6.45) is 0. The molecular weight excluding hydrogens is 432 g/mol. The molecule has 0 unspecified atom stereocenters. The highest BCUT2D eigenvalue weighted by Crippen LogP contribution is 2.27. The van der Waals surface area contributed by atoms with Crippen LogP contribution < -0.4 is 19.5 Å². The Balaban J connectivity index is 1.92. The maximum absolute atomic E-state index is 12.2. The van der Waals surface area contributed by atoms with E-state index in [2.05, 4.69) is 10.0 Å². The van der Waals surface area contributed by atoms with Gasteiger partial charge in [-0.25, -0.2) is 13.1 Å². The molecule has 0 spiro atoms. The SMILES string of the molecule is COCCNS(=O)(=O)c1ccc(OCC(=O)N[C@H](C)c2ccc(OC)cc2)c(Cl)c1. The number of carbonyl (C=O) groups excluding carboxylic acids is 1. The molecule has 0 aliphatic rings. The van der Waals surface area contributed by atoms with Crippen molar-refractivity contribution in [1.29, 1.82) is 0 Å². The average Bonchev–Trinajstić information content (AvgIpc) is 2.73. The molecule has 1 amide bonds. The van der Waals surface area contributed by atoms with Crippen molar-refractivity contribution in [2.24, 2.45) is 0 Å². The minimum absolute atomic E-state index is 0.00599. The van der Waals surface area contributed by atoms with E-state index in [1.807, 2.05) is 31.2 Å². The lowest BCUT2D eigenvalue weighted by molar-refractivity contribution is -0.123. The van der Waals surface area contributed by atoms with E-state index in [0.717, 1.165) is 11.3 Å². The van der Waals surface area contributed by atoms with Gasteiger partial charge >= 0.3 is 0 Å². The van der Waals surface area contributed by atoms with Gasteiger partial charge in [0.2, 0.25) is 10.0 Å². The Morgan fingerprint density at radius 3 is 2.43 bits per heavy atom. The monoisotopic (exact) mass is 456 g/mol. The van der Waals surface area contributed by atoms with Crippen LogP contribution in [0.2, 0.25) is 5.02 Å². The first-order chi connectivity index (χ1) is 14.3. The van der Waals surface area contributed by atoms with Gasteiger partial charge in [-0.3, -0.25) is 4.79 Å². The lowest BCUT2D eigenvalue weighted by Gasteiger charge is -2.15. The first-order valence-electron chi connectivity index (χ1n) is 9.11. The van der Waals surface area contributed by atoms with Crippen molar-refractivity contribution in [3.05, 3.63) is 53.1 Å². The van der Waals surface area contributed by atoms with Crippen molar-refractivity contribution in [3.63, 3.8) is 0 Å². The molecule has 0 saturated carbocycles. The van der Waals surface area contributed by atoms with Gasteiger partial charge in [0.15, 0.2) is 6.61 Å². The summed E-state index contributed by atoms with van der Waals surface area (Å²) in [5.41, 5.74) is 0.915. The third-order valence-corrected chi connectivity index (χ3v) is 5.92. The number of carbonyl (C=O) groups is 1. The smallest absolute Gasteiger partial charge is 0.258 e. The number of rotatable bonds is 11. The molecule has 30 heavy (non-hydrogen) atoms. The van der Waals surface area contributed by atoms with E-state index in [9.17, 15) is 13.2 Å². The highest BCUT2D eigenvalue weighted by Gasteiger charge is 2.16. The van der Waals surface area contributed by atoms with E-state index >= 15 is 0 Å². The predicted octanol–water partition coefficient (Wildman–Crippen LogP) is 2.53. The van der Waals surface area contributed by atoms with Crippen LogP contribution in [0.3, 0.4) is 0 Å². The second kappa shape index (κ2) is 11.2. The minimum Gasteiger partial charge on any atom is -0.497 e. The van der Waals surface area contributed by atoms with Crippen LogP contribution >= 0.6 is 11.6 Å². The summed E-state index contributed by atoms with van der Waals surface area (Å²) in [5.74, 6) is 0.599. The van der Waals surface area contributed by atoms with Crippen molar-refractivity contribution in [1.82, 2.24) is 10.0 Å². The number of nitrogens with one attached hydrogen (secondary N) is 2. The zero-order valence-corrected chi connectivity index (χ0v) is 18.5. The van der Waals surface area contributed by atoms with E-state index < -0.39 is 10.0 Å². The van der Waals surface area contributed by atoms with Crippen molar-refractivity contribution in [2.45, 2.75) is 17.9 Å². The second-order valence-corrected chi connectivity index (χ2v) is 8.51. The van der Waals surface area contributed by atoms with Gasteiger partial charge in [-0.05, 0) is 42.8 Å². The number of amides is 1. The average molecular weight is 457 g/mol. The molecule has 2 aromatic carbocycles. The predicted molar refractivity (Wildman–Crippen MR) is 114 cm³/mol. The number of hydrogen-bond acceptors (Lipinski definition) is 6. The van der Waals surface area contributed by atoms with Gasteiger partial charge in [0.25, 0.3) is 5.91 Å². The number of sulfonamides is 1. The third-order valence-electron chi connectivity index (χ3n) is 4.16. The van der Waals surface area contributed by atoms with E-state index in [0.29, 0.717) is 0 Å². The van der Waals surface area contributed by atoms with Crippen LogP contribution in [-0.4, -0.2) is 48.3 Å². The number of ether oxygens (including phenoxy) is 3. The quantitative estimate of drug-likeness (QED) is 0.504. The Bertz CT molecular complexity index is 950. The fraction of sp³-hybridized carbons (Fsp3) is 0.350. The Hall–Kier alpha value is -2.33. The molecule has 2 N–H and O–H groups in total. The van der Waals surface area contributed by atoms with Crippen LogP contribution in [0, 0.1) is 0 Å². The van der Waals surface area contributed by atoms with Gasteiger partial charge in [0.1, 0.15) is 11.5 Å². The molecule has 2 rings (SSSR count). The van der Waals surface area contributed by atoms with Crippen molar-refractivity contribution < 1.29 is 27.4 Å². The first-order valence-corrected chi connectivity index (χ1v) is 11.0. The van der Waals surface area contributed by atoms with Crippen molar-refractivity contribution >= 4 is 27.5 Å². The molecule has 0 heterocycles. The van der Waals surface area contributed by atoms with Crippen LogP contribution in [0.1, 0.15) is 18.5 Å². The van der Waals surface area contributed by atoms with Crippen LogP contribution in [0.5, 0.6) is 11.5 Å². The van der Waals surface area contributed by atoms with Crippen LogP contribution in [-0.2, 0) is 19.6 Å². The number of halogens is 1. The highest BCUT2D eigenvalue weighted by atomic mass is 35.5. The summed E-state index contributed by atoms with van der Waals surface area (Å²) >= 11 is 6.12. The van der Waals surface area contributed by atoms with E-state index in [-0.39, 0.29) is 47.4 Å². The lowest BCUT2D eigenvalue weighted by Crippen LogP contribution is -2.31. The summed E-state index contributed by atoms with van der Waals surface area (Å²) in [6, 6.07) is 11.2. The van der Waals surface area contributed by atoms with Crippen molar-refractivity contribution in [3.8, 4) is 11.5 Å². The molecule has 0 radical (unpaired) electrons. The van der Waals surface area contributed by atoms with Crippen LogP contribution in [0.4, 0.5) is 0 Å². The van der Waals surface area contributed by atoms with E-state index in [1.165, 1.54) is 25.3 Å². The van der Waals surface area contributed by atoms with Gasteiger partial charge in [-0.1, -0.05) is 23.7 Å². The fourth-order valence-corrected chi connectivity index (χ4v) is 3.87. The number of benzene rings is 2.